The molecule has 1 saturated heterocycles. The molecule has 4 heteroatoms. The van der Waals surface area contributed by atoms with Crippen molar-refractivity contribution in [3.8, 4) is 0 Å². The first-order valence-electron chi connectivity index (χ1n) is 6.66. The Morgan fingerprint density at radius 1 is 1.53 bits per heavy atom. The van der Waals surface area contributed by atoms with E-state index in [1.54, 1.807) is 0 Å². The maximum atomic E-state index is 11.9. The molecule has 2 fully saturated rings. The standard InChI is InChI=1S/C13H24N2O2/c1-4-14-13(2,12(16)17-3)9-15-8-10-5-6-11(15)7-10/h10-11,14H,4-9H2,1-3H3. The second-order valence-electron chi connectivity index (χ2n) is 5.62. The lowest BCUT2D eigenvalue weighted by Gasteiger charge is -2.36. The molecule has 1 saturated carbocycles. The van der Waals surface area contributed by atoms with Crippen LogP contribution in [0.4, 0.5) is 0 Å². The molecule has 0 radical (unpaired) electrons. The highest BCUT2D eigenvalue weighted by Crippen LogP contribution is 2.37. The van der Waals surface area contributed by atoms with Crippen LogP contribution in [-0.4, -0.2) is 49.2 Å². The summed E-state index contributed by atoms with van der Waals surface area (Å²) in [7, 11) is 1.47. The number of hydrogen-bond acceptors (Lipinski definition) is 4. The maximum absolute atomic E-state index is 11.9. The van der Waals surface area contributed by atoms with E-state index in [1.165, 1.54) is 26.4 Å². The first-order valence-corrected chi connectivity index (χ1v) is 6.66. The van der Waals surface area contributed by atoms with E-state index in [0.29, 0.717) is 6.04 Å². The topological polar surface area (TPSA) is 41.6 Å². The zero-order valence-corrected chi connectivity index (χ0v) is 11.2. The first-order chi connectivity index (χ1) is 8.09. The molecule has 2 aliphatic rings. The van der Waals surface area contributed by atoms with Gasteiger partial charge in [0.05, 0.1) is 7.11 Å². The van der Waals surface area contributed by atoms with Crippen molar-refractivity contribution in [3.05, 3.63) is 0 Å². The third kappa shape index (κ3) is 2.47. The molecule has 0 aromatic carbocycles. The predicted octanol–water partition coefficient (Wildman–Crippen LogP) is 1.01. The number of ether oxygens (including phenoxy) is 1. The van der Waals surface area contributed by atoms with Gasteiger partial charge in [-0.15, -0.1) is 0 Å². The van der Waals surface area contributed by atoms with Crippen LogP contribution in [0.3, 0.4) is 0 Å². The number of fused-ring (bicyclic) bond motifs is 2. The van der Waals surface area contributed by atoms with E-state index in [0.717, 1.165) is 25.6 Å². The molecule has 1 aliphatic carbocycles. The van der Waals surface area contributed by atoms with Crippen LogP contribution in [0.25, 0.3) is 0 Å². The summed E-state index contributed by atoms with van der Waals surface area (Å²) in [5, 5.41) is 3.28. The fourth-order valence-corrected chi connectivity index (χ4v) is 3.43. The molecule has 1 heterocycles. The van der Waals surface area contributed by atoms with Crippen LogP contribution in [0.15, 0.2) is 0 Å². The summed E-state index contributed by atoms with van der Waals surface area (Å²) in [5.74, 6) is 0.714. The van der Waals surface area contributed by atoms with Crippen molar-refractivity contribution in [1.29, 1.82) is 0 Å². The van der Waals surface area contributed by atoms with E-state index in [-0.39, 0.29) is 5.97 Å². The minimum absolute atomic E-state index is 0.151. The number of piperidine rings is 1. The number of likely N-dealkylation sites (tertiary alicyclic amines) is 1. The van der Waals surface area contributed by atoms with E-state index in [2.05, 4.69) is 10.2 Å². The van der Waals surface area contributed by atoms with Gasteiger partial charge in [0.1, 0.15) is 5.54 Å². The maximum Gasteiger partial charge on any atom is 0.327 e. The van der Waals surface area contributed by atoms with Gasteiger partial charge in [0, 0.05) is 19.1 Å². The summed E-state index contributed by atoms with van der Waals surface area (Å²) in [6.07, 6.45) is 3.99. The Labute approximate surface area is 104 Å². The van der Waals surface area contributed by atoms with Gasteiger partial charge in [-0.25, -0.2) is 0 Å². The Balaban J connectivity index is 2.00. The number of carbonyl (C=O) groups is 1. The molecule has 3 atom stereocenters. The van der Waals surface area contributed by atoms with Crippen LogP contribution in [0.1, 0.15) is 33.1 Å². The van der Waals surface area contributed by atoms with Crippen molar-refractivity contribution in [3.63, 3.8) is 0 Å². The average Bonchev–Trinajstić information content (AvgIpc) is 2.90. The number of esters is 1. The van der Waals surface area contributed by atoms with Gasteiger partial charge in [-0.1, -0.05) is 6.92 Å². The van der Waals surface area contributed by atoms with E-state index in [1.807, 2.05) is 13.8 Å². The second kappa shape index (κ2) is 4.94. The molecular weight excluding hydrogens is 216 g/mol. The van der Waals surface area contributed by atoms with Crippen LogP contribution in [0.2, 0.25) is 0 Å². The molecule has 0 spiro atoms. The van der Waals surface area contributed by atoms with E-state index < -0.39 is 5.54 Å². The Hall–Kier alpha value is -0.610. The van der Waals surface area contributed by atoms with Crippen molar-refractivity contribution in [1.82, 2.24) is 10.2 Å². The monoisotopic (exact) mass is 240 g/mol. The first kappa shape index (κ1) is 12.8. The molecule has 17 heavy (non-hydrogen) atoms. The molecule has 0 aromatic rings. The fraction of sp³-hybridized carbons (Fsp3) is 0.923. The van der Waals surface area contributed by atoms with Crippen molar-refractivity contribution in [2.75, 3.05) is 26.7 Å². The van der Waals surface area contributed by atoms with Crippen molar-refractivity contribution >= 4 is 5.97 Å². The fourth-order valence-electron chi connectivity index (χ4n) is 3.43. The summed E-state index contributed by atoms with van der Waals surface area (Å²) in [4.78, 5) is 14.4. The van der Waals surface area contributed by atoms with Gasteiger partial charge in [-0.2, -0.15) is 0 Å². The van der Waals surface area contributed by atoms with Gasteiger partial charge in [0.25, 0.3) is 0 Å². The lowest BCUT2D eigenvalue weighted by Crippen LogP contribution is -2.58. The number of rotatable bonds is 5. The summed E-state index contributed by atoms with van der Waals surface area (Å²) in [6, 6.07) is 0.697. The summed E-state index contributed by atoms with van der Waals surface area (Å²) >= 11 is 0. The van der Waals surface area contributed by atoms with E-state index in [4.69, 9.17) is 4.74 Å². The predicted molar refractivity (Wildman–Crippen MR) is 66.8 cm³/mol. The van der Waals surface area contributed by atoms with E-state index in [9.17, 15) is 4.79 Å². The molecule has 0 amide bonds. The number of carbonyl (C=O) groups excluding carboxylic acids is 1. The molecule has 0 aromatic heterocycles. The second-order valence-corrected chi connectivity index (χ2v) is 5.62. The molecule has 3 unspecified atom stereocenters. The third-order valence-electron chi connectivity index (χ3n) is 4.24. The minimum atomic E-state index is -0.562. The third-order valence-corrected chi connectivity index (χ3v) is 4.24. The van der Waals surface area contributed by atoms with Gasteiger partial charge in [0.2, 0.25) is 0 Å². The lowest BCUT2D eigenvalue weighted by atomic mass is 10.00. The van der Waals surface area contributed by atoms with Gasteiger partial charge in [0.15, 0.2) is 0 Å². The quantitative estimate of drug-likeness (QED) is 0.728. The Bertz CT molecular complexity index is 295. The number of likely N-dealkylation sites (N-methyl/N-ethyl adjacent to an activating group) is 1. The zero-order chi connectivity index (χ0) is 12.5. The molecule has 1 N–H and O–H groups in total. The van der Waals surface area contributed by atoms with Crippen LogP contribution in [0, 0.1) is 5.92 Å². The van der Waals surface area contributed by atoms with Gasteiger partial charge in [-0.3, -0.25) is 9.69 Å². The van der Waals surface area contributed by atoms with Gasteiger partial charge >= 0.3 is 5.97 Å². The van der Waals surface area contributed by atoms with Crippen molar-refractivity contribution in [2.24, 2.45) is 5.92 Å². The van der Waals surface area contributed by atoms with Crippen LogP contribution in [-0.2, 0) is 9.53 Å². The highest BCUT2D eigenvalue weighted by Gasteiger charge is 2.43. The van der Waals surface area contributed by atoms with Crippen LogP contribution in [0.5, 0.6) is 0 Å². The summed E-state index contributed by atoms with van der Waals surface area (Å²) in [6.45, 7) is 6.69. The molecule has 2 rings (SSSR count). The smallest absolute Gasteiger partial charge is 0.327 e. The van der Waals surface area contributed by atoms with E-state index >= 15 is 0 Å². The molecule has 98 valence electrons. The molecule has 4 nitrogen and oxygen atoms in total. The Kier molecular flexibility index (Phi) is 3.73. The normalized spacial score (nSPS) is 31.5. The highest BCUT2D eigenvalue weighted by atomic mass is 16.5. The summed E-state index contributed by atoms with van der Waals surface area (Å²) < 4.78 is 4.93. The highest BCUT2D eigenvalue weighted by molar-refractivity contribution is 5.80. The van der Waals surface area contributed by atoms with Crippen molar-refractivity contribution in [2.45, 2.75) is 44.7 Å². The van der Waals surface area contributed by atoms with Crippen LogP contribution < -0.4 is 5.32 Å². The lowest BCUT2D eigenvalue weighted by molar-refractivity contribution is -0.149. The van der Waals surface area contributed by atoms with Gasteiger partial charge in [-0.05, 0) is 38.6 Å². The van der Waals surface area contributed by atoms with Crippen LogP contribution >= 0.6 is 0 Å². The Morgan fingerprint density at radius 3 is 2.76 bits per heavy atom. The number of nitrogens with one attached hydrogen (secondary N) is 1. The largest absolute Gasteiger partial charge is 0.468 e. The summed E-state index contributed by atoms with van der Waals surface area (Å²) in [5.41, 5.74) is -0.562. The number of hydrogen-bond donors (Lipinski definition) is 1. The molecule has 1 aliphatic heterocycles. The average molecular weight is 240 g/mol. The number of nitrogens with zero attached hydrogens (tertiary/aromatic N) is 1. The minimum Gasteiger partial charge on any atom is -0.468 e. The zero-order valence-electron chi connectivity index (χ0n) is 11.2. The van der Waals surface area contributed by atoms with Crippen molar-refractivity contribution < 1.29 is 9.53 Å². The molecular formula is C13H24N2O2. The molecule has 2 bridgehead atoms. The SMILES string of the molecule is CCNC(C)(CN1CC2CCC1C2)C(=O)OC. The number of methoxy groups -OCH3 is 1. The Morgan fingerprint density at radius 2 is 2.29 bits per heavy atom. The van der Waals surface area contributed by atoms with Gasteiger partial charge < -0.3 is 10.1 Å².